The zero-order valence-corrected chi connectivity index (χ0v) is 21.3. The van der Waals surface area contributed by atoms with Crippen molar-refractivity contribution >= 4 is 40.7 Å². The molecule has 1 aliphatic carbocycles. The van der Waals surface area contributed by atoms with Gasteiger partial charge in [0.1, 0.15) is 17.3 Å². The number of ketones is 3. The zero-order chi connectivity index (χ0) is 26.9. The lowest BCUT2D eigenvalue weighted by Gasteiger charge is -2.37. The molecule has 39 heavy (non-hydrogen) atoms. The van der Waals surface area contributed by atoms with E-state index >= 15 is 0 Å². The molecule has 1 saturated heterocycles. The van der Waals surface area contributed by atoms with E-state index in [9.17, 15) is 18.8 Å². The van der Waals surface area contributed by atoms with E-state index < -0.39 is 29.2 Å². The molecule has 6 heteroatoms. The number of halogens is 2. The smallest absolute Gasteiger partial charge is 0.185 e. The molecule has 7 rings (SSSR count). The third kappa shape index (κ3) is 3.20. The topological polar surface area (TPSA) is 54.5 Å². The number of hydrogen-bond acceptors (Lipinski definition) is 4. The summed E-state index contributed by atoms with van der Waals surface area (Å²) in [4.78, 5) is 45.4. The maximum atomic E-state index is 14.5. The Hall–Kier alpha value is -4.35. The number of carbonyl (C=O) groups is 3. The minimum atomic E-state index is -1.60. The maximum absolute atomic E-state index is 14.5. The average Bonchev–Trinajstić information content (AvgIpc) is 3.39. The van der Waals surface area contributed by atoms with Crippen molar-refractivity contribution in [3.05, 3.63) is 142 Å². The van der Waals surface area contributed by atoms with Crippen molar-refractivity contribution < 1.29 is 18.8 Å². The van der Waals surface area contributed by atoms with Crippen LogP contribution >= 0.6 is 11.6 Å². The van der Waals surface area contributed by atoms with Crippen molar-refractivity contribution in [2.24, 2.45) is 5.41 Å². The molecule has 0 radical (unpaired) electrons. The summed E-state index contributed by atoms with van der Waals surface area (Å²) in [5.74, 6) is -2.08. The molecule has 0 amide bonds. The van der Waals surface area contributed by atoms with Gasteiger partial charge in [0.05, 0.1) is 6.04 Å². The summed E-state index contributed by atoms with van der Waals surface area (Å²) in [6, 6.07) is 25.4. The molecular weight excluding hydrogens is 513 g/mol. The lowest BCUT2D eigenvalue weighted by Crippen LogP contribution is -2.48. The third-order valence-electron chi connectivity index (χ3n) is 8.32. The van der Waals surface area contributed by atoms with Gasteiger partial charge in [-0.15, -0.1) is 0 Å². The molecule has 2 heterocycles. The van der Waals surface area contributed by atoms with Gasteiger partial charge in [-0.1, -0.05) is 90.5 Å². The highest BCUT2D eigenvalue weighted by Crippen LogP contribution is 2.61. The third-order valence-corrected chi connectivity index (χ3v) is 8.57. The van der Waals surface area contributed by atoms with Crippen LogP contribution in [0.4, 0.5) is 10.1 Å². The molecule has 3 atom stereocenters. The van der Waals surface area contributed by atoms with Gasteiger partial charge in [-0.3, -0.25) is 14.4 Å². The molecule has 1 fully saturated rings. The van der Waals surface area contributed by atoms with Crippen molar-refractivity contribution in [2.45, 2.75) is 18.0 Å². The van der Waals surface area contributed by atoms with Crippen molar-refractivity contribution in [3.8, 4) is 0 Å². The molecule has 1 spiro atoms. The summed E-state index contributed by atoms with van der Waals surface area (Å²) in [6.07, 6.45) is 3.53. The summed E-state index contributed by atoms with van der Waals surface area (Å²) in [6.45, 7) is 0. The molecule has 2 aliphatic heterocycles. The van der Waals surface area contributed by atoms with E-state index in [2.05, 4.69) is 0 Å². The van der Waals surface area contributed by atoms with Crippen LogP contribution in [0.15, 0.2) is 103 Å². The first-order valence-corrected chi connectivity index (χ1v) is 13.1. The molecule has 3 aliphatic rings. The summed E-state index contributed by atoms with van der Waals surface area (Å²) in [5, 5.41) is 0.502. The van der Waals surface area contributed by atoms with Gasteiger partial charge in [-0.25, -0.2) is 4.39 Å². The zero-order valence-electron chi connectivity index (χ0n) is 20.6. The van der Waals surface area contributed by atoms with Gasteiger partial charge >= 0.3 is 0 Å². The van der Waals surface area contributed by atoms with Gasteiger partial charge in [0, 0.05) is 38.9 Å². The van der Waals surface area contributed by atoms with E-state index in [-0.39, 0.29) is 17.3 Å². The summed E-state index contributed by atoms with van der Waals surface area (Å²) in [7, 11) is 0. The molecule has 0 saturated carbocycles. The molecular formula is C33H21ClFNO3. The highest BCUT2D eigenvalue weighted by Gasteiger charge is 2.71. The number of rotatable bonds is 3. The van der Waals surface area contributed by atoms with Crippen molar-refractivity contribution in [1.82, 2.24) is 0 Å². The second-order valence-corrected chi connectivity index (χ2v) is 10.6. The highest BCUT2D eigenvalue weighted by molar-refractivity contribution is 6.32. The Morgan fingerprint density at radius 1 is 0.821 bits per heavy atom. The van der Waals surface area contributed by atoms with Gasteiger partial charge < -0.3 is 4.90 Å². The van der Waals surface area contributed by atoms with Crippen LogP contribution in [0.25, 0.3) is 6.08 Å². The van der Waals surface area contributed by atoms with Gasteiger partial charge in [0.2, 0.25) is 0 Å². The number of Topliss-reactive ketones (excluding diaryl/α,β-unsaturated/α-hetero) is 3. The van der Waals surface area contributed by atoms with E-state index in [0.717, 1.165) is 0 Å². The number of anilines is 1. The van der Waals surface area contributed by atoms with Crippen LogP contribution in [0.2, 0.25) is 5.02 Å². The van der Waals surface area contributed by atoms with Crippen LogP contribution in [-0.2, 0) is 0 Å². The number of benzene rings is 4. The molecule has 0 bridgehead atoms. The number of fused-ring (bicyclic) bond motifs is 5. The van der Waals surface area contributed by atoms with Gasteiger partial charge in [0.25, 0.3) is 0 Å². The minimum Gasteiger partial charge on any atom is -0.352 e. The fraction of sp³-hybridized carbons (Fsp3) is 0.121. The molecule has 4 aromatic carbocycles. The normalized spacial score (nSPS) is 22.1. The first kappa shape index (κ1) is 23.7. The monoisotopic (exact) mass is 533 g/mol. The number of nitrogens with zero attached hydrogens (tertiary/aromatic N) is 1. The Balaban J connectivity index is 1.55. The first-order chi connectivity index (χ1) is 18.9. The molecule has 0 N–H and O–H groups in total. The molecule has 190 valence electrons. The number of carbonyl (C=O) groups excluding carboxylic acids is 3. The predicted octanol–water partition coefficient (Wildman–Crippen LogP) is 6.80. The van der Waals surface area contributed by atoms with Crippen molar-refractivity contribution in [3.63, 3.8) is 0 Å². The summed E-state index contributed by atoms with van der Waals surface area (Å²) < 4.78 is 14.3. The average molecular weight is 534 g/mol. The Morgan fingerprint density at radius 3 is 2.13 bits per heavy atom. The van der Waals surface area contributed by atoms with E-state index in [0.29, 0.717) is 38.5 Å². The number of hydrogen-bond donors (Lipinski definition) is 0. The van der Waals surface area contributed by atoms with E-state index in [1.165, 1.54) is 12.1 Å². The Morgan fingerprint density at radius 2 is 1.46 bits per heavy atom. The second-order valence-electron chi connectivity index (χ2n) is 10.2. The predicted molar refractivity (Wildman–Crippen MR) is 148 cm³/mol. The molecule has 4 nitrogen and oxygen atoms in total. The summed E-state index contributed by atoms with van der Waals surface area (Å²) >= 11 is 6.24. The van der Waals surface area contributed by atoms with Crippen LogP contribution in [0.1, 0.15) is 48.1 Å². The maximum Gasteiger partial charge on any atom is 0.185 e. The lowest BCUT2D eigenvalue weighted by molar-refractivity contribution is 0.0666. The quantitative estimate of drug-likeness (QED) is 0.215. The van der Waals surface area contributed by atoms with E-state index in [1.807, 2.05) is 11.0 Å². The van der Waals surface area contributed by atoms with Crippen LogP contribution in [0.5, 0.6) is 0 Å². The van der Waals surface area contributed by atoms with E-state index in [1.54, 1.807) is 91.0 Å². The lowest BCUT2D eigenvalue weighted by atomic mass is 9.64. The van der Waals surface area contributed by atoms with Gasteiger partial charge in [0.15, 0.2) is 17.3 Å². The standard InChI is InChI=1S/C33H21ClFNO3/c34-22-13-10-19(11-14-22)28-29(30(37)20-6-2-1-3-7-20)36-26-16-15-23(35)18-21(26)12-17-27(36)33(28)31(38)24-8-4-5-9-25(24)32(33)39/h1-18,27-29H/t27?,28-,29+/m0/s1. The van der Waals surface area contributed by atoms with E-state index in [4.69, 9.17) is 11.6 Å². The SMILES string of the molecule is O=C(c1ccccc1)[C@H]1[C@H](c2ccc(Cl)cc2)C2(C(=O)c3ccccc3C2=O)C2C=Cc3cc(F)ccc3N21. The highest BCUT2D eigenvalue weighted by atomic mass is 35.5. The molecule has 1 unspecified atom stereocenters. The van der Waals surface area contributed by atoms with Crippen LogP contribution < -0.4 is 4.90 Å². The Bertz CT molecular complexity index is 1680. The van der Waals surface area contributed by atoms with Crippen LogP contribution in [0, 0.1) is 11.2 Å². The van der Waals surface area contributed by atoms with Gasteiger partial charge in [-0.2, -0.15) is 0 Å². The van der Waals surface area contributed by atoms with Gasteiger partial charge in [-0.05, 0) is 35.9 Å². The largest absolute Gasteiger partial charge is 0.352 e. The molecule has 0 aromatic heterocycles. The van der Waals surface area contributed by atoms with Crippen LogP contribution in [-0.4, -0.2) is 29.4 Å². The molecule has 4 aromatic rings. The second kappa shape index (κ2) is 8.58. The van der Waals surface area contributed by atoms with Crippen LogP contribution in [0.3, 0.4) is 0 Å². The van der Waals surface area contributed by atoms with Crippen molar-refractivity contribution in [1.29, 1.82) is 0 Å². The Labute approximate surface area is 229 Å². The fourth-order valence-corrected chi connectivity index (χ4v) is 6.89. The first-order valence-electron chi connectivity index (χ1n) is 12.7. The fourth-order valence-electron chi connectivity index (χ4n) is 6.76. The Kier molecular flexibility index (Phi) is 5.23. The van der Waals surface area contributed by atoms with Crippen molar-refractivity contribution in [2.75, 3.05) is 4.90 Å². The minimum absolute atomic E-state index is 0.223. The summed E-state index contributed by atoms with van der Waals surface area (Å²) in [5.41, 5.74) is 1.42.